The molecule has 0 radical (unpaired) electrons. The van der Waals surface area contributed by atoms with Crippen LogP contribution in [0, 0.1) is 13.8 Å². The van der Waals surface area contributed by atoms with Crippen molar-refractivity contribution in [3.8, 4) is 11.3 Å². The molecular formula is C20H16ClN3OS. The molecule has 0 saturated heterocycles. The van der Waals surface area contributed by atoms with Crippen LogP contribution in [0.4, 0.5) is 5.69 Å². The van der Waals surface area contributed by atoms with Crippen molar-refractivity contribution < 1.29 is 4.79 Å². The van der Waals surface area contributed by atoms with Gasteiger partial charge in [-0.2, -0.15) is 0 Å². The highest BCUT2D eigenvalue weighted by molar-refractivity contribution is 7.18. The highest BCUT2D eigenvalue weighted by Crippen LogP contribution is 2.27. The Balaban J connectivity index is 1.67. The number of rotatable bonds is 3. The Kier molecular flexibility index (Phi) is 4.26. The molecule has 1 N–H and O–H groups in total. The van der Waals surface area contributed by atoms with Crippen LogP contribution in [0.2, 0.25) is 4.34 Å². The Morgan fingerprint density at radius 1 is 1.15 bits per heavy atom. The first kappa shape index (κ1) is 16.8. The topological polar surface area (TPSA) is 46.4 Å². The Labute approximate surface area is 160 Å². The van der Waals surface area contributed by atoms with Crippen LogP contribution < -0.4 is 5.32 Å². The van der Waals surface area contributed by atoms with Gasteiger partial charge in [-0.05, 0) is 55.3 Å². The maximum absolute atomic E-state index is 12.4. The fourth-order valence-corrected chi connectivity index (χ4v) is 3.70. The zero-order valence-electron chi connectivity index (χ0n) is 14.3. The molecule has 0 aliphatic rings. The van der Waals surface area contributed by atoms with Crippen LogP contribution in [0.25, 0.3) is 16.9 Å². The lowest BCUT2D eigenvalue weighted by Gasteiger charge is -2.09. The zero-order valence-corrected chi connectivity index (χ0v) is 15.9. The number of anilines is 1. The van der Waals surface area contributed by atoms with Gasteiger partial charge in [0.15, 0.2) is 0 Å². The predicted molar refractivity (Wildman–Crippen MR) is 107 cm³/mol. The molecule has 0 saturated carbocycles. The molecule has 0 atom stereocenters. The number of nitrogens with zero attached hydrogens (tertiary/aromatic N) is 2. The van der Waals surface area contributed by atoms with Crippen molar-refractivity contribution in [1.82, 2.24) is 9.38 Å². The summed E-state index contributed by atoms with van der Waals surface area (Å²) in [5, 5.41) is 2.97. The maximum Gasteiger partial charge on any atom is 0.265 e. The summed E-state index contributed by atoms with van der Waals surface area (Å²) >= 11 is 7.19. The Morgan fingerprint density at radius 2 is 2.00 bits per heavy atom. The number of hydrogen-bond acceptors (Lipinski definition) is 3. The van der Waals surface area contributed by atoms with Crippen molar-refractivity contribution in [2.75, 3.05) is 5.32 Å². The second kappa shape index (κ2) is 6.59. The molecule has 0 aliphatic carbocycles. The lowest BCUT2D eigenvalue weighted by atomic mass is 10.1. The minimum atomic E-state index is -0.159. The number of carbonyl (C=O) groups excluding carboxylic acids is 1. The molecule has 1 amide bonds. The summed E-state index contributed by atoms with van der Waals surface area (Å²) in [6.45, 7) is 4.01. The number of imidazole rings is 1. The number of amides is 1. The zero-order chi connectivity index (χ0) is 18.3. The molecule has 4 nitrogen and oxygen atoms in total. The molecule has 4 rings (SSSR count). The van der Waals surface area contributed by atoms with Gasteiger partial charge in [0.05, 0.1) is 14.9 Å². The summed E-state index contributed by atoms with van der Waals surface area (Å²) in [5.74, 6) is -0.159. The number of nitrogens with one attached hydrogen (secondary N) is 1. The molecule has 3 aromatic heterocycles. The average molecular weight is 382 g/mol. The van der Waals surface area contributed by atoms with Crippen LogP contribution >= 0.6 is 22.9 Å². The summed E-state index contributed by atoms with van der Waals surface area (Å²) in [4.78, 5) is 17.7. The highest BCUT2D eigenvalue weighted by atomic mass is 35.5. The molecule has 0 aliphatic heterocycles. The summed E-state index contributed by atoms with van der Waals surface area (Å²) in [5.41, 5.74) is 5.65. The number of carbonyl (C=O) groups is 1. The third-order valence-corrected chi connectivity index (χ3v) is 5.42. The van der Waals surface area contributed by atoms with Crippen LogP contribution in [-0.2, 0) is 0 Å². The van der Waals surface area contributed by atoms with Gasteiger partial charge in [-0.15, -0.1) is 11.3 Å². The third kappa shape index (κ3) is 3.23. The summed E-state index contributed by atoms with van der Waals surface area (Å²) < 4.78 is 2.59. The maximum atomic E-state index is 12.4. The number of hydrogen-bond donors (Lipinski definition) is 1. The van der Waals surface area contributed by atoms with Crippen LogP contribution in [0.1, 0.15) is 20.8 Å². The van der Waals surface area contributed by atoms with Crippen molar-refractivity contribution in [3.63, 3.8) is 0 Å². The van der Waals surface area contributed by atoms with Crippen molar-refractivity contribution in [2.24, 2.45) is 0 Å². The molecular weight excluding hydrogens is 366 g/mol. The van der Waals surface area contributed by atoms with Gasteiger partial charge in [0.2, 0.25) is 0 Å². The van der Waals surface area contributed by atoms with Crippen molar-refractivity contribution >= 4 is 40.2 Å². The normalized spacial score (nSPS) is 11.0. The molecule has 130 valence electrons. The van der Waals surface area contributed by atoms with E-state index in [0.29, 0.717) is 9.21 Å². The second-order valence-electron chi connectivity index (χ2n) is 6.18. The molecule has 6 heteroatoms. The van der Waals surface area contributed by atoms with E-state index in [0.717, 1.165) is 28.2 Å². The van der Waals surface area contributed by atoms with Crippen LogP contribution in [-0.4, -0.2) is 15.3 Å². The van der Waals surface area contributed by atoms with E-state index < -0.39 is 0 Å². The van der Waals surface area contributed by atoms with E-state index in [9.17, 15) is 4.79 Å². The fourth-order valence-electron chi connectivity index (χ4n) is 2.76. The minimum absolute atomic E-state index is 0.159. The largest absolute Gasteiger partial charge is 0.321 e. The highest BCUT2D eigenvalue weighted by Gasteiger charge is 2.12. The summed E-state index contributed by atoms with van der Waals surface area (Å²) in [6.07, 6.45) is 3.99. The SMILES string of the molecule is Cc1ccn2cc(-c3ccc(C)c(NC(=O)c4ccc(Cl)s4)c3)nc2c1. The first-order valence-corrected chi connectivity index (χ1v) is 9.32. The van der Waals surface area contributed by atoms with Crippen LogP contribution in [0.3, 0.4) is 0 Å². The van der Waals surface area contributed by atoms with Crippen molar-refractivity contribution in [2.45, 2.75) is 13.8 Å². The molecule has 0 unspecified atom stereocenters. The molecule has 0 fully saturated rings. The molecule has 0 bridgehead atoms. The van der Waals surface area contributed by atoms with Gasteiger partial charge in [0.1, 0.15) is 5.65 Å². The predicted octanol–water partition coefficient (Wildman–Crippen LogP) is 5.59. The van der Waals surface area contributed by atoms with E-state index in [2.05, 4.69) is 5.32 Å². The lowest BCUT2D eigenvalue weighted by Crippen LogP contribution is -2.11. The number of thiophene rings is 1. The third-order valence-electron chi connectivity index (χ3n) is 4.19. The first-order chi connectivity index (χ1) is 12.5. The number of aromatic nitrogens is 2. The van der Waals surface area contributed by atoms with E-state index >= 15 is 0 Å². The molecule has 26 heavy (non-hydrogen) atoms. The van der Waals surface area contributed by atoms with E-state index in [-0.39, 0.29) is 5.91 Å². The average Bonchev–Trinajstić information content (AvgIpc) is 3.22. The molecule has 0 spiro atoms. The van der Waals surface area contributed by atoms with Crippen LogP contribution in [0.5, 0.6) is 0 Å². The van der Waals surface area contributed by atoms with Gasteiger partial charge >= 0.3 is 0 Å². The number of pyridine rings is 1. The molecule has 3 heterocycles. The van der Waals surface area contributed by atoms with Gasteiger partial charge in [-0.3, -0.25) is 4.79 Å². The van der Waals surface area contributed by atoms with Crippen molar-refractivity contribution in [1.29, 1.82) is 0 Å². The molecule has 4 aromatic rings. The monoisotopic (exact) mass is 381 g/mol. The van der Waals surface area contributed by atoms with E-state index in [1.54, 1.807) is 12.1 Å². The van der Waals surface area contributed by atoms with Gasteiger partial charge in [-0.1, -0.05) is 23.7 Å². The minimum Gasteiger partial charge on any atom is -0.321 e. The van der Waals surface area contributed by atoms with Gasteiger partial charge in [0, 0.05) is 23.6 Å². The number of halogens is 1. The number of fused-ring (bicyclic) bond motifs is 1. The molecule has 1 aromatic carbocycles. The smallest absolute Gasteiger partial charge is 0.265 e. The number of aryl methyl sites for hydroxylation is 2. The Hall–Kier alpha value is -2.63. The Bertz CT molecular complexity index is 1130. The fraction of sp³-hybridized carbons (Fsp3) is 0.100. The summed E-state index contributed by atoms with van der Waals surface area (Å²) in [6, 6.07) is 13.5. The number of benzene rings is 1. The summed E-state index contributed by atoms with van der Waals surface area (Å²) in [7, 11) is 0. The van der Waals surface area contributed by atoms with Crippen LogP contribution in [0.15, 0.2) is 54.9 Å². The quantitative estimate of drug-likeness (QED) is 0.503. The van der Waals surface area contributed by atoms with E-state index in [1.165, 1.54) is 16.9 Å². The van der Waals surface area contributed by atoms with E-state index in [4.69, 9.17) is 16.6 Å². The van der Waals surface area contributed by atoms with Gasteiger partial charge < -0.3 is 9.72 Å². The van der Waals surface area contributed by atoms with E-state index in [1.807, 2.05) is 61.0 Å². The Morgan fingerprint density at radius 3 is 2.77 bits per heavy atom. The van der Waals surface area contributed by atoms with Crippen molar-refractivity contribution in [3.05, 3.63) is 75.2 Å². The van der Waals surface area contributed by atoms with Gasteiger partial charge in [-0.25, -0.2) is 4.98 Å². The van der Waals surface area contributed by atoms with Gasteiger partial charge in [0.25, 0.3) is 5.91 Å². The second-order valence-corrected chi connectivity index (χ2v) is 7.90. The first-order valence-electron chi connectivity index (χ1n) is 8.13. The standard InChI is InChI=1S/C20H16ClN3OS/c1-12-7-8-24-11-16(22-19(24)9-12)14-4-3-13(2)15(10-14)23-20(25)17-5-6-18(21)26-17/h3-11H,1-2H3,(H,23,25). The lowest BCUT2D eigenvalue weighted by molar-refractivity contribution is 0.103.